The normalized spacial score (nSPS) is 8.25. The molecule has 0 heterocycles. The van der Waals surface area contributed by atoms with E-state index in [4.69, 9.17) is 9.96 Å². The summed E-state index contributed by atoms with van der Waals surface area (Å²) < 4.78 is 25.9. The van der Waals surface area contributed by atoms with Gasteiger partial charge in [0, 0.05) is 0 Å². The molecule has 4 nitrogen and oxygen atoms in total. The van der Waals surface area contributed by atoms with Crippen LogP contribution >= 0.6 is 0 Å². The van der Waals surface area contributed by atoms with Crippen LogP contribution in [0.25, 0.3) is 0 Å². The van der Waals surface area contributed by atoms with Crippen LogP contribution in [0.15, 0.2) is 6.58 Å². The van der Waals surface area contributed by atoms with Gasteiger partial charge in [-0.05, 0) is 12.4 Å². The van der Waals surface area contributed by atoms with E-state index in [1.54, 1.807) is 5.87 Å². The Labute approximate surface area is 48.1 Å². The predicted octanol–water partition coefficient (Wildman–Crippen LogP) is -0.0751. The van der Waals surface area contributed by atoms with Gasteiger partial charge in [-0.15, -0.1) is 0 Å². The first-order valence-corrected chi connectivity index (χ1v) is 3.38. The first-order valence-electron chi connectivity index (χ1n) is 1.53. The van der Waals surface area contributed by atoms with E-state index in [0.717, 1.165) is 0 Å². The molecule has 0 radical (unpaired) electrons. The van der Waals surface area contributed by atoms with Crippen molar-refractivity contribution in [1.82, 2.24) is 0 Å². The third-order valence-electron chi connectivity index (χ3n) is 0. The maximum Gasteiger partial charge on any atom is 0.261 e. The molecule has 0 amide bonds. The lowest BCUT2D eigenvalue weighted by Gasteiger charge is -1.69. The molecule has 0 spiro atoms. The van der Waals surface area contributed by atoms with Crippen molar-refractivity contribution in [1.29, 1.82) is 5.41 Å². The molecule has 5 heteroatoms. The molecule has 0 aliphatic heterocycles. The second kappa shape index (κ2) is 4.52. The Balaban J connectivity index is 0. The van der Waals surface area contributed by atoms with Gasteiger partial charge in [-0.1, -0.05) is 0 Å². The second-order valence-electron chi connectivity index (χ2n) is 0.910. The molecule has 2 N–H and O–H groups in total. The standard InChI is InChI=1S/C2H3N.CH4O3S/c1-2-3;1-5(2,3)4/h3H,1H2;1H3,(H,2,3,4). The van der Waals surface area contributed by atoms with Crippen LogP contribution in [-0.2, 0) is 10.1 Å². The molecular weight excluding hydrogens is 130 g/mol. The van der Waals surface area contributed by atoms with Gasteiger partial charge in [0.05, 0.1) is 6.26 Å². The summed E-state index contributed by atoms with van der Waals surface area (Å²) >= 11 is 0. The third-order valence-corrected chi connectivity index (χ3v) is 0. The lowest BCUT2D eigenvalue weighted by molar-refractivity contribution is 0.490. The Hall–Kier alpha value is -0.640. The summed E-state index contributed by atoms with van der Waals surface area (Å²) in [6, 6.07) is 0. The van der Waals surface area contributed by atoms with Crippen LogP contribution < -0.4 is 0 Å². The number of hydrogen-bond acceptors (Lipinski definition) is 3. The Kier molecular flexibility index (Phi) is 5.85. The summed E-state index contributed by atoms with van der Waals surface area (Å²) in [7, 11) is -3.67. The van der Waals surface area contributed by atoms with Crippen molar-refractivity contribution in [2.75, 3.05) is 6.26 Å². The smallest absolute Gasteiger partial charge is 0.261 e. The molecule has 0 saturated heterocycles. The van der Waals surface area contributed by atoms with E-state index in [1.165, 1.54) is 0 Å². The van der Waals surface area contributed by atoms with Crippen molar-refractivity contribution in [2.45, 2.75) is 0 Å². The van der Waals surface area contributed by atoms with Gasteiger partial charge in [-0.3, -0.25) is 9.96 Å². The van der Waals surface area contributed by atoms with Crippen molar-refractivity contribution in [3.63, 3.8) is 0 Å². The van der Waals surface area contributed by atoms with Crippen molar-refractivity contribution in [2.24, 2.45) is 0 Å². The van der Waals surface area contributed by atoms with E-state index < -0.39 is 10.1 Å². The van der Waals surface area contributed by atoms with E-state index >= 15 is 0 Å². The largest absolute Gasteiger partial charge is 0.286 e. The van der Waals surface area contributed by atoms with Crippen LogP contribution in [0.5, 0.6) is 0 Å². The van der Waals surface area contributed by atoms with E-state index in [-0.39, 0.29) is 0 Å². The lowest BCUT2D eigenvalue weighted by atomic mass is 11.2. The molecule has 0 atom stereocenters. The van der Waals surface area contributed by atoms with Crippen LogP contribution in [0, 0.1) is 5.41 Å². The maximum atomic E-state index is 9.19. The van der Waals surface area contributed by atoms with Crippen molar-refractivity contribution >= 4 is 16.0 Å². The Morgan fingerprint density at radius 3 is 1.75 bits per heavy atom. The minimum Gasteiger partial charge on any atom is -0.286 e. The van der Waals surface area contributed by atoms with Gasteiger partial charge in [0.1, 0.15) is 0 Å². The summed E-state index contributed by atoms with van der Waals surface area (Å²) in [5.41, 5.74) is 0. The lowest BCUT2D eigenvalue weighted by Crippen LogP contribution is -1.88. The zero-order valence-corrected chi connectivity index (χ0v) is 5.20. The molecule has 0 aromatic carbocycles. The topological polar surface area (TPSA) is 78.2 Å². The minimum absolute atomic E-state index is 0.715. The molecule has 48 valence electrons. The summed E-state index contributed by atoms with van der Waals surface area (Å²) in [5.74, 6) is 1.75. The number of hydrogen-bond donors (Lipinski definition) is 2. The first-order chi connectivity index (χ1) is 3.41. The van der Waals surface area contributed by atoms with E-state index in [2.05, 4.69) is 6.58 Å². The van der Waals surface area contributed by atoms with Crippen molar-refractivity contribution in [3.05, 3.63) is 6.58 Å². The van der Waals surface area contributed by atoms with Crippen LogP contribution in [0.3, 0.4) is 0 Å². The SMILES string of the molecule is C=C=N.CS(=O)(=O)O. The fourth-order valence-corrected chi connectivity index (χ4v) is 0. The van der Waals surface area contributed by atoms with E-state index in [1.807, 2.05) is 0 Å². The molecule has 0 bridgehead atoms. The molecule has 0 fully saturated rings. The summed E-state index contributed by atoms with van der Waals surface area (Å²) in [6.07, 6.45) is 0.715. The molecule has 0 saturated carbocycles. The molecule has 0 rings (SSSR count). The fourth-order valence-electron chi connectivity index (χ4n) is 0. The van der Waals surface area contributed by atoms with Gasteiger partial charge < -0.3 is 0 Å². The Morgan fingerprint density at radius 1 is 1.75 bits per heavy atom. The molecule has 0 aromatic heterocycles. The fraction of sp³-hybridized carbons (Fsp3) is 0.333. The van der Waals surface area contributed by atoms with E-state index in [0.29, 0.717) is 6.26 Å². The van der Waals surface area contributed by atoms with Gasteiger partial charge in [0.2, 0.25) is 0 Å². The molecule has 0 unspecified atom stereocenters. The summed E-state index contributed by atoms with van der Waals surface area (Å²) in [5, 5.41) is 5.85. The van der Waals surface area contributed by atoms with Crippen LogP contribution in [-0.4, -0.2) is 25.1 Å². The molecule has 0 aromatic rings. The van der Waals surface area contributed by atoms with E-state index in [9.17, 15) is 8.42 Å². The average Bonchev–Trinajstić information content (AvgIpc) is 1.27. The highest BCUT2D eigenvalue weighted by atomic mass is 32.2. The predicted molar refractivity (Wildman–Crippen MR) is 30.8 cm³/mol. The van der Waals surface area contributed by atoms with Gasteiger partial charge >= 0.3 is 0 Å². The van der Waals surface area contributed by atoms with Gasteiger partial charge in [0.25, 0.3) is 10.1 Å². The van der Waals surface area contributed by atoms with Crippen LogP contribution in [0.1, 0.15) is 0 Å². The molecular formula is C3H7NO3S. The number of rotatable bonds is 0. The van der Waals surface area contributed by atoms with Crippen molar-refractivity contribution < 1.29 is 13.0 Å². The maximum absolute atomic E-state index is 9.19. The zero-order valence-electron chi connectivity index (χ0n) is 4.38. The highest BCUT2D eigenvalue weighted by Crippen LogP contribution is 1.60. The average molecular weight is 137 g/mol. The van der Waals surface area contributed by atoms with Gasteiger partial charge in [-0.25, -0.2) is 0 Å². The highest BCUT2D eigenvalue weighted by Gasteiger charge is 1.81. The minimum atomic E-state index is -3.67. The Bertz CT molecular complexity index is 155. The molecule has 0 aliphatic rings. The quantitative estimate of drug-likeness (QED) is 0.362. The third kappa shape index (κ3) is 249. The zero-order chi connectivity index (χ0) is 7.21. The highest BCUT2D eigenvalue weighted by molar-refractivity contribution is 7.85. The summed E-state index contributed by atoms with van der Waals surface area (Å²) in [6.45, 7) is 2.90. The molecule has 8 heavy (non-hydrogen) atoms. The monoisotopic (exact) mass is 137 g/mol. The second-order valence-corrected chi connectivity index (χ2v) is 2.38. The van der Waals surface area contributed by atoms with Gasteiger partial charge in [0.15, 0.2) is 0 Å². The Morgan fingerprint density at radius 2 is 1.75 bits per heavy atom. The molecule has 0 aliphatic carbocycles. The van der Waals surface area contributed by atoms with Crippen LogP contribution in [0.4, 0.5) is 0 Å². The van der Waals surface area contributed by atoms with Crippen LogP contribution in [0.2, 0.25) is 0 Å². The summed E-state index contributed by atoms with van der Waals surface area (Å²) in [4.78, 5) is 0. The van der Waals surface area contributed by atoms with Crippen molar-refractivity contribution in [3.8, 4) is 0 Å². The number of nitrogens with one attached hydrogen (secondary N) is 1. The first kappa shape index (κ1) is 10.4. The van der Waals surface area contributed by atoms with Gasteiger partial charge in [-0.2, -0.15) is 8.42 Å².